The smallest absolute Gasteiger partial charge is 0.416 e. The van der Waals surface area contributed by atoms with Gasteiger partial charge in [0.05, 0.1) is 17.7 Å². The van der Waals surface area contributed by atoms with E-state index in [0.29, 0.717) is 5.01 Å². The Morgan fingerprint density at radius 2 is 2.05 bits per heavy atom. The molecule has 0 aliphatic rings. The zero-order valence-corrected chi connectivity index (χ0v) is 11.2. The molecule has 0 fully saturated rings. The summed E-state index contributed by atoms with van der Waals surface area (Å²) in [5, 5.41) is 1.90. The van der Waals surface area contributed by atoms with E-state index in [-0.39, 0.29) is 17.7 Å². The zero-order valence-electron chi connectivity index (χ0n) is 10.4. The standard InChI is InChI=1S/C13H10F3NO2S/c1-19-12(18)10-7-20-11(17-10)6-8-4-2-3-5-9(8)13(14,15)16/h2-5,7H,6H2,1H3. The van der Waals surface area contributed by atoms with Crippen molar-refractivity contribution in [2.24, 2.45) is 0 Å². The number of hydrogen-bond acceptors (Lipinski definition) is 4. The molecule has 0 amide bonds. The fourth-order valence-electron chi connectivity index (χ4n) is 1.70. The first-order valence-corrected chi connectivity index (χ1v) is 6.47. The molecule has 0 aliphatic carbocycles. The topological polar surface area (TPSA) is 39.2 Å². The molecular weight excluding hydrogens is 291 g/mol. The number of rotatable bonds is 3. The Morgan fingerprint density at radius 1 is 1.35 bits per heavy atom. The van der Waals surface area contributed by atoms with E-state index in [2.05, 4.69) is 9.72 Å². The van der Waals surface area contributed by atoms with E-state index in [0.717, 1.165) is 17.4 Å². The number of methoxy groups -OCH3 is 1. The first-order chi connectivity index (χ1) is 9.41. The van der Waals surface area contributed by atoms with Gasteiger partial charge in [-0.2, -0.15) is 13.2 Å². The molecule has 1 aromatic carbocycles. The summed E-state index contributed by atoms with van der Waals surface area (Å²) in [7, 11) is 1.22. The summed E-state index contributed by atoms with van der Waals surface area (Å²) >= 11 is 1.13. The Labute approximate surface area is 117 Å². The minimum absolute atomic E-state index is 0.0251. The molecule has 0 spiro atoms. The largest absolute Gasteiger partial charge is 0.464 e. The van der Waals surface area contributed by atoms with Crippen LogP contribution in [0.25, 0.3) is 0 Å². The fourth-order valence-corrected chi connectivity index (χ4v) is 2.49. The van der Waals surface area contributed by atoms with E-state index in [1.165, 1.54) is 24.6 Å². The Balaban J connectivity index is 2.27. The molecule has 106 valence electrons. The minimum Gasteiger partial charge on any atom is -0.464 e. The van der Waals surface area contributed by atoms with Crippen LogP contribution in [0.4, 0.5) is 13.2 Å². The van der Waals surface area contributed by atoms with Gasteiger partial charge >= 0.3 is 12.1 Å². The lowest BCUT2D eigenvalue weighted by Gasteiger charge is -2.11. The van der Waals surface area contributed by atoms with Crippen LogP contribution in [0.5, 0.6) is 0 Å². The van der Waals surface area contributed by atoms with Gasteiger partial charge in [-0.05, 0) is 11.6 Å². The van der Waals surface area contributed by atoms with E-state index in [9.17, 15) is 18.0 Å². The van der Waals surface area contributed by atoms with Crippen molar-refractivity contribution in [3.63, 3.8) is 0 Å². The van der Waals surface area contributed by atoms with E-state index in [4.69, 9.17) is 0 Å². The fraction of sp³-hybridized carbons (Fsp3) is 0.231. The van der Waals surface area contributed by atoms with Gasteiger partial charge in [0.25, 0.3) is 0 Å². The number of nitrogens with zero attached hydrogens (tertiary/aromatic N) is 1. The summed E-state index contributed by atoms with van der Waals surface area (Å²) in [5.74, 6) is -0.600. The van der Waals surface area contributed by atoms with Crippen molar-refractivity contribution in [2.45, 2.75) is 12.6 Å². The van der Waals surface area contributed by atoms with Crippen molar-refractivity contribution in [2.75, 3.05) is 7.11 Å². The van der Waals surface area contributed by atoms with Gasteiger partial charge in [-0.1, -0.05) is 18.2 Å². The second-order valence-corrected chi connectivity index (χ2v) is 4.89. The van der Waals surface area contributed by atoms with Crippen LogP contribution in [0.2, 0.25) is 0 Å². The zero-order chi connectivity index (χ0) is 14.8. The Hall–Kier alpha value is -1.89. The molecule has 0 N–H and O–H groups in total. The quantitative estimate of drug-likeness (QED) is 0.814. The summed E-state index contributed by atoms with van der Waals surface area (Å²) in [4.78, 5) is 15.2. The second-order valence-electron chi connectivity index (χ2n) is 3.95. The predicted octanol–water partition coefficient (Wildman–Crippen LogP) is 3.54. The number of carbonyl (C=O) groups excluding carboxylic acids is 1. The molecule has 2 aromatic rings. The number of carbonyl (C=O) groups is 1. The first-order valence-electron chi connectivity index (χ1n) is 5.59. The molecule has 2 rings (SSSR count). The third kappa shape index (κ3) is 3.16. The summed E-state index contributed by atoms with van der Waals surface area (Å²) in [6.45, 7) is 0. The summed E-state index contributed by atoms with van der Waals surface area (Å²) in [6.07, 6.45) is -4.38. The monoisotopic (exact) mass is 301 g/mol. The van der Waals surface area contributed by atoms with Gasteiger partial charge in [-0.25, -0.2) is 9.78 Å². The number of thiazole rings is 1. The molecule has 0 atom stereocenters. The van der Waals surface area contributed by atoms with Gasteiger partial charge < -0.3 is 4.74 Å². The highest BCUT2D eigenvalue weighted by molar-refractivity contribution is 7.09. The van der Waals surface area contributed by atoms with Crippen molar-refractivity contribution in [1.82, 2.24) is 4.98 Å². The van der Waals surface area contributed by atoms with Crippen LogP contribution in [0.15, 0.2) is 29.6 Å². The van der Waals surface area contributed by atoms with Crippen LogP contribution in [0.1, 0.15) is 26.6 Å². The first kappa shape index (κ1) is 14.5. The molecule has 1 heterocycles. The number of benzene rings is 1. The van der Waals surface area contributed by atoms with Gasteiger partial charge in [0, 0.05) is 11.8 Å². The van der Waals surface area contributed by atoms with Crippen LogP contribution in [0.3, 0.4) is 0 Å². The number of hydrogen-bond donors (Lipinski definition) is 0. The molecular formula is C13H10F3NO2S. The molecule has 1 aromatic heterocycles. The van der Waals surface area contributed by atoms with Gasteiger partial charge in [-0.15, -0.1) is 11.3 Å². The van der Waals surface area contributed by atoms with Gasteiger partial charge in [-0.3, -0.25) is 0 Å². The number of ether oxygens (including phenoxy) is 1. The Bertz CT molecular complexity index is 622. The lowest BCUT2D eigenvalue weighted by Crippen LogP contribution is -2.09. The highest BCUT2D eigenvalue weighted by atomic mass is 32.1. The van der Waals surface area contributed by atoms with Gasteiger partial charge in [0.2, 0.25) is 0 Å². The molecule has 3 nitrogen and oxygen atoms in total. The minimum atomic E-state index is -4.40. The Kier molecular flexibility index (Phi) is 4.08. The summed E-state index contributed by atoms with van der Waals surface area (Å²) < 4.78 is 43.0. The van der Waals surface area contributed by atoms with E-state index < -0.39 is 17.7 Å². The molecule has 0 unspecified atom stereocenters. The van der Waals surface area contributed by atoms with Crippen molar-refractivity contribution in [3.05, 3.63) is 51.5 Å². The molecule has 0 aliphatic heterocycles. The molecule has 0 saturated heterocycles. The number of esters is 1. The highest BCUT2D eigenvalue weighted by Crippen LogP contribution is 2.33. The third-order valence-electron chi connectivity index (χ3n) is 2.61. The number of aromatic nitrogens is 1. The van der Waals surface area contributed by atoms with Crippen LogP contribution < -0.4 is 0 Å². The van der Waals surface area contributed by atoms with E-state index in [1.54, 1.807) is 6.07 Å². The molecule has 7 heteroatoms. The lowest BCUT2D eigenvalue weighted by atomic mass is 10.0. The van der Waals surface area contributed by atoms with E-state index >= 15 is 0 Å². The second kappa shape index (κ2) is 5.62. The SMILES string of the molecule is COC(=O)c1csc(Cc2ccccc2C(F)(F)F)n1. The highest BCUT2D eigenvalue weighted by Gasteiger charge is 2.33. The summed E-state index contributed by atoms with van der Waals surface area (Å²) in [5.41, 5.74) is -0.447. The maximum absolute atomic E-state index is 12.8. The van der Waals surface area contributed by atoms with Gasteiger partial charge in [0.15, 0.2) is 5.69 Å². The average molecular weight is 301 g/mol. The van der Waals surface area contributed by atoms with Crippen LogP contribution in [-0.4, -0.2) is 18.1 Å². The maximum atomic E-state index is 12.8. The normalized spacial score (nSPS) is 11.4. The molecule has 0 radical (unpaired) electrons. The van der Waals surface area contributed by atoms with Crippen molar-refractivity contribution >= 4 is 17.3 Å². The van der Waals surface area contributed by atoms with Gasteiger partial charge in [0.1, 0.15) is 0 Å². The lowest BCUT2D eigenvalue weighted by molar-refractivity contribution is -0.138. The van der Waals surface area contributed by atoms with E-state index in [1.807, 2.05) is 0 Å². The van der Waals surface area contributed by atoms with Crippen molar-refractivity contribution in [1.29, 1.82) is 0 Å². The molecule has 0 bridgehead atoms. The Morgan fingerprint density at radius 3 is 2.70 bits per heavy atom. The molecule has 0 saturated carbocycles. The maximum Gasteiger partial charge on any atom is 0.416 e. The van der Waals surface area contributed by atoms with Crippen LogP contribution in [0, 0.1) is 0 Å². The predicted molar refractivity (Wildman–Crippen MR) is 67.7 cm³/mol. The third-order valence-corrected chi connectivity index (χ3v) is 3.46. The molecule has 20 heavy (non-hydrogen) atoms. The van der Waals surface area contributed by atoms with Crippen molar-refractivity contribution < 1.29 is 22.7 Å². The van der Waals surface area contributed by atoms with Crippen LogP contribution >= 0.6 is 11.3 Å². The number of alkyl halides is 3. The van der Waals surface area contributed by atoms with Crippen molar-refractivity contribution in [3.8, 4) is 0 Å². The van der Waals surface area contributed by atoms with Crippen LogP contribution in [-0.2, 0) is 17.3 Å². The number of halogens is 3. The average Bonchev–Trinajstić information content (AvgIpc) is 2.86. The summed E-state index contributed by atoms with van der Waals surface area (Å²) in [6, 6.07) is 5.32.